The molecule has 1 nitrogen and oxygen atoms in total. The zero-order valence-electron chi connectivity index (χ0n) is 12.3. The maximum absolute atomic E-state index is 4.06. The zero-order valence-corrected chi connectivity index (χ0v) is 12.3. The van der Waals surface area contributed by atoms with E-state index in [2.05, 4.69) is 45.7 Å². The van der Waals surface area contributed by atoms with E-state index in [-0.39, 0.29) is 0 Å². The summed E-state index contributed by atoms with van der Waals surface area (Å²) in [5, 5.41) is 3.42. The van der Waals surface area contributed by atoms with Gasteiger partial charge in [0.25, 0.3) is 0 Å². The van der Waals surface area contributed by atoms with Crippen LogP contribution >= 0.6 is 0 Å². The average molecular weight is 237 g/mol. The van der Waals surface area contributed by atoms with Gasteiger partial charge in [0.1, 0.15) is 0 Å². The molecular weight excluding hydrogens is 206 g/mol. The molecule has 0 saturated heterocycles. The molecule has 0 atom stereocenters. The highest BCUT2D eigenvalue weighted by Crippen LogP contribution is 2.08. The summed E-state index contributed by atoms with van der Waals surface area (Å²) in [6.45, 7) is 14.0. The molecule has 0 heterocycles. The van der Waals surface area contributed by atoms with Crippen molar-refractivity contribution < 1.29 is 0 Å². The van der Waals surface area contributed by atoms with Crippen molar-refractivity contribution in [3.8, 4) is 0 Å². The second-order valence-electron chi connectivity index (χ2n) is 5.59. The molecule has 17 heavy (non-hydrogen) atoms. The normalized spacial score (nSPS) is 10.4. The van der Waals surface area contributed by atoms with Crippen molar-refractivity contribution in [2.75, 3.05) is 6.54 Å². The lowest BCUT2D eigenvalue weighted by Gasteiger charge is -2.09. The minimum absolute atomic E-state index is 0.849. The monoisotopic (exact) mass is 237 g/mol. The largest absolute Gasteiger partial charge is 0.389 e. The molecule has 0 bridgehead atoms. The van der Waals surface area contributed by atoms with E-state index < -0.39 is 0 Å². The smallest absolute Gasteiger partial charge is 0.0143 e. The molecule has 0 aliphatic heterocycles. The third kappa shape index (κ3) is 13.2. The Morgan fingerprint density at radius 3 is 2.47 bits per heavy atom. The van der Waals surface area contributed by atoms with Gasteiger partial charge in [-0.1, -0.05) is 51.3 Å². The Hall–Kier alpha value is -0.720. The van der Waals surface area contributed by atoms with E-state index in [1.54, 1.807) is 0 Å². The minimum Gasteiger partial charge on any atom is -0.389 e. The molecule has 1 heteroatoms. The van der Waals surface area contributed by atoms with Gasteiger partial charge in [-0.3, -0.25) is 0 Å². The predicted molar refractivity (Wildman–Crippen MR) is 79.1 cm³/mol. The van der Waals surface area contributed by atoms with Crippen LogP contribution in [0.1, 0.15) is 66.2 Å². The maximum atomic E-state index is 4.06. The maximum Gasteiger partial charge on any atom is 0.0143 e. The number of allylic oxidation sites excluding steroid dienone is 3. The first-order valence-corrected chi connectivity index (χ1v) is 7.07. The fourth-order valence-corrected chi connectivity index (χ4v) is 1.74. The highest BCUT2D eigenvalue weighted by atomic mass is 14.9. The van der Waals surface area contributed by atoms with Crippen LogP contribution in [0.25, 0.3) is 0 Å². The van der Waals surface area contributed by atoms with E-state index >= 15 is 0 Å². The quantitative estimate of drug-likeness (QED) is 0.414. The van der Waals surface area contributed by atoms with Crippen LogP contribution in [0.4, 0.5) is 0 Å². The summed E-state index contributed by atoms with van der Waals surface area (Å²) < 4.78 is 0. The summed E-state index contributed by atoms with van der Waals surface area (Å²) in [4.78, 5) is 0. The molecular formula is C16H31N. The summed E-state index contributed by atoms with van der Waals surface area (Å²) in [5.41, 5.74) is 2.58. The summed E-state index contributed by atoms with van der Waals surface area (Å²) in [5.74, 6) is 0.849. The molecule has 0 radical (unpaired) electrons. The van der Waals surface area contributed by atoms with Gasteiger partial charge in [0.15, 0.2) is 0 Å². The molecule has 0 unspecified atom stereocenters. The fraction of sp³-hybridized carbons (Fsp3) is 0.750. The third-order valence-corrected chi connectivity index (χ3v) is 2.83. The molecule has 100 valence electrons. The van der Waals surface area contributed by atoms with Crippen LogP contribution < -0.4 is 5.32 Å². The van der Waals surface area contributed by atoms with Crippen molar-refractivity contribution in [3.05, 3.63) is 23.9 Å². The van der Waals surface area contributed by atoms with E-state index in [1.165, 1.54) is 37.0 Å². The van der Waals surface area contributed by atoms with Crippen molar-refractivity contribution in [1.29, 1.82) is 0 Å². The lowest BCUT2D eigenvalue weighted by molar-refractivity contribution is 0.521. The SMILES string of the molecule is C=C(CCC=C(C)C)NCCCCCC(C)C. The molecule has 0 aromatic carbocycles. The minimum atomic E-state index is 0.849. The molecule has 1 N–H and O–H groups in total. The molecule has 0 saturated carbocycles. The Balaban J connectivity index is 3.31. The molecule has 0 aliphatic carbocycles. The van der Waals surface area contributed by atoms with Crippen LogP contribution in [-0.4, -0.2) is 6.54 Å². The Bertz CT molecular complexity index is 222. The first-order chi connectivity index (χ1) is 8.02. The van der Waals surface area contributed by atoms with Crippen LogP contribution in [-0.2, 0) is 0 Å². The molecule has 0 aromatic rings. The van der Waals surface area contributed by atoms with Gasteiger partial charge in [0.2, 0.25) is 0 Å². The Kier molecular flexibility index (Phi) is 9.99. The van der Waals surface area contributed by atoms with Gasteiger partial charge < -0.3 is 5.32 Å². The lowest BCUT2D eigenvalue weighted by Crippen LogP contribution is -2.13. The number of hydrogen-bond donors (Lipinski definition) is 1. The Morgan fingerprint density at radius 2 is 1.88 bits per heavy atom. The first-order valence-electron chi connectivity index (χ1n) is 7.07. The van der Waals surface area contributed by atoms with Crippen molar-refractivity contribution in [1.82, 2.24) is 5.32 Å². The van der Waals surface area contributed by atoms with Gasteiger partial charge in [-0.25, -0.2) is 0 Å². The van der Waals surface area contributed by atoms with E-state index in [0.717, 1.165) is 25.3 Å². The van der Waals surface area contributed by atoms with Crippen LogP contribution in [0.3, 0.4) is 0 Å². The van der Waals surface area contributed by atoms with Crippen LogP contribution in [0.15, 0.2) is 23.9 Å². The average Bonchev–Trinajstić information content (AvgIpc) is 2.22. The topological polar surface area (TPSA) is 12.0 Å². The Labute approximate surface area is 108 Å². The summed E-state index contributed by atoms with van der Waals surface area (Å²) in [7, 11) is 0. The van der Waals surface area contributed by atoms with Gasteiger partial charge in [-0.15, -0.1) is 0 Å². The van der Waals surface area contributed by atoms with Crippen LogP contribution in [0.2, 0.25) is 0 Å². The predicted octanol–water partition coefficient (Wildman–Crippen LogP) is 5.05. The van der Waals surface area contributed by atoms with Crippen LogP contribution in [0, 0.1) is 5.92 Å². The van der Waals surface area contributed by atoms with Gasteiger partial charge >= 0.3 is 0 Å². The highest BCUT2D eigenvalue weighted by molar-refractivity contribution is 4.98. The van der Waals surface area contributed by atoms with E-state index in [4.69, 9.17) is 0 Å². The summed E-state index contributed by atoms with van der Waals surface area (Å²) in [6.07, 6.45) is 9.79. The Morgan fingerprint density at radius 1 is 1.18 bits per heavy atom. The second kappa shape index (κ2) is 10.4. The molecule has 0 fully saturated rings. The van der Waals surface area contributed by atoms with Crippen molar-refractivity contribution in [3.63, 3.8) is 0 Å². The zero-order chi connectivity index (χ0) is 13.1. The molecule has 0 rings (SSSR count). The van der Waals surface area contributed by atoms with E-state index in [0.29, 0.717) is 0 Å². The number of unbranched alkanes of at least 4 members (excludes halogenated alkanes) is 2. The molecule has 0 aromatic heterocycles. The van der Waals surface area contributed by atoms with Crippen LogP contribution in [0.5, 0.6) is 0 Å². The molecule has 0 amide bonds. The number of rotatable bonds is 10. The molecule has 0 aliphatic rings. The standard InChI is InChI=1S/C16H31N/c1-14(2)10-7-6-8-13-17-16(5)12-9-11-15(3)4/h11,14,17H,5-10,12-13H2,1-4H3. The second-order valence-corrected chi connectivity index (χ2v) is 5.59. The van der Waals surface area contributed by atoms with Gasteiger partial charge in [-0.05, 0) is 39.0 Å². The van der Waals surface area contributed by atoms with Gasteiger partial charge in [0, 0.05) is 12.2 Å². The summed E-state index contributed by atoms with van der Waals surface area (Å²) >= 11 is 0. The van der Waals surface area contributed by atoms with Gasteiger partial charge in [-0.2, -0.15) is 0 Å². The lowest BCUT2D eigenvalue weighted by atomic mass is 10.1. The number of nitrogens with one attached hydrogen (secondary N) is 1. The van der Waals surface area contributed by atoms with E-state index in [1.807, 2.05) is 0 Å². The molecule has 0 spiro atoms. The third-order valence-electron chi connectivity index (χ3n) is 2.83. The van der Waals surface area contributed by atoms with Gasteiger partial charge in [0.05, 0.1) is 0 Å². The highest BCUT2D eigenvalue weighted by Gasteiger charge is 1.95. The first kappa shape index (κ1) is 16.3. The number of hydrogen-bond acceptors (Lipinski definition) is 1. The van der Waals surface area contributed by atoms with Crippen molar-refractivity contribution in [2.45, 2.75) is 66.2 Å². The van der Waals surface area contributed by atoms with E-state index in [9.17, 15) is 0 Å². The fourth-order valence-electron chi connectivity index (χ4n) is 1.74. The van der Waals surface area contributed by atoms with Crippen molar-refractivity contribution in [2.24, 2.45) is 5.92 Å². The summed E-state index contributed by atoms with van der Waals surface area (Å²) in [6, 6.07) is 0. The van der Waals surface area contributed by atoms with Crippen molar-refractivity contribution >= 4 is 0 Å².